The first-order valence-corrected chi connectivity index (χ1v) is 7.78. The van der Waals surface area contributed by atoms with Crippen LogP contribution in [0.4, 0.5) is 5.69 Å². The third-order valence-corrected chi connectivity index (χ3v) is 4.60. The Hall–Kier alpha value is 0.0400. The van der Waals surface area contributed by atoms with Gasteiger partial charge in [-0.05, 0) is 37.4 Å². The van der Waals surface area contributed by atoms with Crippen LogP contribution in [-0.2, 0) is 0 Å². The van der Waals surface area contributed by atoms with Crippen LogP contribution in [0, 0.1) is 5.92 Å². The fraction of sp³-hybridized carbons (Fsp3) is 0.538. The van der Waals surface area contributed by atoms with Crippen molar-refractivity contribution in [2.45, 2.75) is 31.7 Å². The molecular formula is C13H17BrCl2N2. The molecule has 1 aromatic carbocycles. The van der Waals surface area contributed by atoms with E-state index in [9.17, 15) is 0 Å². The zero-order chi connectivity index (χ0) is 13.1. The van der Waals surface area contributed by atoms with Crippen LogP contribution < -0.4 is 11.1 Å². The van der Waals surface area contributed by atoms with Gasteiger partial charge in [-0.1, -0.05) is 52.0 Å². The van der Waals surface area contributed by atoms with Gasteiger partial charge in [0.2, 0.25) is 0 Å². The lowest BCUT2D eigenvalue weighted by molar-refractivity contribution is 0.332. The lowest BCUT2D eigenvalue weighted by Crippen LogP contribution is -2.36. The molecule has 2 atom stereocenters. The SMILES string of the molecule is NCC1CCCCC1Nc1c(Cl)cc(Br)cc1Cl. The van der Waals surface area contributed by atoms with Gasteiger partial charge in [-0.15, -0.1) is 0 Å². The first-order valence-electron chi connectivity index (χ1n) is 6.23. The van der Waals surface area contributed by atoms with Gasteiger partial charge in [0.15, 0.2) is 0 Å². The highest BCUT2D eigenvalue weighted by Crippen LogP contribution is 2.36. The van der Waals surface area contributed by atoms with Crippen molar-refractivity contribution in [1.29, 1.82) is 0 Å². The van der Waals surface area contributed by atoms with Gasteiger partial charge in [0, 0.05) is 10.5 Å². The van der Waals surface area contributed by atoms with E-state index in [1.807, 2.05) is 12.1 Å². The highest BCUT2D eigenvalue weighted by atomic mass is 79.9. The average molecular weight is 352 g/mol. The zero-order valence-electron chi connectivity index (χ0n) is 10.1. The van der Waals surface area contributed by atoms with Crippen LogP contribution in [0.5, 0.6) is 0 Å². The number of halogens is 3. The third kappa shape index (κ3) is 3.32. The number of hydrogen-bond acceptors (Lipinski definition) is 2. The molecule has 2 unspecified atom stereocenters. The topological polar surface area (TPSA) is 38.0 Å². The molecule has 0 bridgehead atoms. The van der Waals surface area contributed by atoms with E-state index in [1.165, 1.54) is 19.3 Å². The Balaban J connectivity index is 2.17. The number of nitrogens with two attached hydrogens (primary N) is 1. The number of anilines is 1. The fourth-order valence-corrected chi connectivity index (χ4v) is 3.86. The maximum absolute atomic E-state index is 6.24. The Kier molecular flexibility index (Phi) is 5.19. The zero-order valence-corrected chi connectivity index (χ0v) is 13.2. The highest BCUT2D eigenvalue weighted by molar-refractivity contribution is 9.10. The maximum atomic E-state index is 6.24. The van der Waals surface area contributed by atoms with E-state index in [2.05, 4.69) is 21.2 Å². The molecule has 100 valence electrons. The summed E-state index contributed by atoms with van der Waals surface area (Å²) < 4.78 is 0.891. The van der Waals surface area contributed by atoms with Crippen molar-refractivity contribution < 1.29 is 0 Å². The van der Waals surface area contributed by atoms with Crippen molar-refractivity contribution in [1.82, 2.24) is 0 Å². The van der Waals surface area contributed by atoms with Crippen LogP contribution in [0.25, 0.3) is 0 Å². The first-order chi connectivity index (χ1) is 8.61. The molecule has 0 amide bonds. The summed E-state index contributed by atoms with van der Waals surface area (Å²) in [6.07, 6.45) is 4.81. The largest absolute Gasteiger partial charge is 0.380 e. The summed E-state index contributed by atoms with van der Waals surface area (Å²) in [4.78, 5) is 0. The molecule has 5 heteroatoms. The fourth-order valence-electron chi connectivity index (χ4n) is 2.55. The number of benzene rings is 1. The molecule has 1 fully saturated rings. The second-order valence-electron chi connectivity index (χ2n) is 4.78. The second kappa shape index (κ2) is 6.47. The molecule has 1 saturated carbocycles. The lowest BCUT2D eigenvalue weighted by Gasteiger charge is -2.32. The van der Waals surface area contributed by atoms with Crippen LogP contribution in [0.1, 0.15) is 25.7 Å². The minimum absolute atomic E-state index is 0.375. The van der Waals surface area contributed by atoms with Crippen LogP contribution in [0.2, 0.25) is 10.0 Å². The highest BCUT2D eigenvalue weighted by Gasteiger charge is 2.25. The van der Waals surface area contributed by atoms with E-state index in [4.69, 9.17) is 28.9 Å². The molecule has 1 aromatic rings. The van der Waals surface area contributed by atoms with Crippen molar-refractivity contribution in [2.75, 3.05) is 11.9 Å². The maximum Gasteiger partial charge on any atom is 0.0722 e. The molecule has 2 rings (SSSR count). The Labute approximate surface area is 126 Å². The van der Waals surface area contributed by atoms with E-state index >= 15 is 0 Å². The summed E-state index contributed by atoms with van der Waals surface area (Å²) in [5.41, 5.74) is 6.66. The van der Waals surface area contributed by atoms with Crippen LogP contribution in [-0.4, -0.2) is 12.6 Å². The first kappa shape index (κ1) is 14.4. The van der Waals surface area contributed by atoms with Crippen molar-refractivity contribution in [3.05, 3.63) is 26.7 Å². The standard InChI is InChI=1S/C13H17BrCl2N2/c14-9-5-10(15)13(11(16)6-9)18-12-4-2-1-3-8(12)7-17/h5-6,8,12,18H,1-4,7,17H2. The van der Waals surface area contributed by atoms with Gasteiger partial charge < -0.3 is 11.1 Å². The Morgan fingerprint density at radius 3 is 2.44 bits per heavy atom. The Morgan fingerprint density at radius 1 is 1.22 bits per heavy atom. The van der Waals surface area contributed by atoms with Crippen LogP contribution >= 0.6 is 39.1 Å². The van der Waals surface area contributed by atoms with Crippen molar-refractivity contribution in [3.8, 4) is 0 Å². The third-order valence-electron chi connectivity index (χ3n) is 3.55. The van der Waals surface area contributed by atoms with E-state index in [-0.39, 0.29) is 0 Å². The molecule has 18 heavy (non-hydrogen) atoms. The van der Waals surface area contributed by atoms with Gasteiger partial charge in [-0.25, -0.2) is 0 Å². The second-order valence-corrected chi connectivity index (χ2v) is 6.51. The van der Waals surface area contributed by atoms with Gasteiger partial charge in [-0.2, -0.15) is 0 Å². The molecule has 0 spiro atoms. The molecule has 3 N–H and O–H groups in total. The molecule has 0 radical (unpaired) electrons. The van der Waals surface area contributed by atoms with Crippen molar-refractivity contribution in [2.24, 2.45) is 11.7 Å². The molecule has 1 aliphatic rings. The molecular weight excluding hydrogens is 335 g/mol. The van der Waals surface area contributed by atoms with Crippen molar-refractivity contribution in [3.63, 3.8) is 0 Å². The molecule has 0 aromatic heterocycles. The average Bonchev–Trinajstić information content (AvgIpc) is 2.34. The molecule has 0 saturated heterocycles. The number of nitrogens with one attached hydrogen (secondary N) is 1. The Morgan fingerprint density at radius 2 is 1.83 bits per heavy atom. The molecule has 2 nitrogen and oxygen atoms in total. The lowest BCUT2D eigenvalue weighted by atomic mass is 9.84. The van der Waals surface area contributed by atoms with E-state index < -0.39 is 0 Å². The number of rotatable bonds is 3. The van der Waals surface area contributed by atoms with Crippen molar-refractivity contribution >= 4 is 44.8 Å². The minimum Gasteiger partial charge on any atom is -0.380 e. The summed E-state index contributed by atoms with van der Waals surface area (Å²) in [5, 5.41) is 4.78. The van der Waals surface area contributed by atoms with Gasteiger partial charge in [0.25, 0.3) is 0 Å². The van der Waals surface area contributed by atoms with Gasteiger partial charge >= 0.3 is 0 Å². The quantitative estimate of drug-likeness (QED) is 0.829. The predicted octanol–water partition coefficient (Wildman–Crippen LogP) is 4.69. The summed E-state index contributed by atoms with van der Waals surface area (Å²) in [5.74, 6) is 0.509. The normalized spacial score (nSPS) is 24.0. The molecule has 1 aliphatic carbocycles. The van der Waals surface area contributed by atoms with Gasteiger partial charge in [0.05, 0.1) is 15.7 Å². The van der Waals surface area contributed by atoms with Crippen LogP contribution in [0.15, 0.2) is 16.6 Å². The minimum atomic E-state index is 0.375. The monoisotopic (exact) mass is 350 g/mol. The van der Waals surface area contributed by atoms with E-state index in [0.717, 1.165) is 16.6 Å². The van der Waals surface area contributed by atoms with E-state index in [0.29, 0.717) is 28.5 Å². The smallest absolute Gasteiger partial charge is 0.0722 e. The summed E-state index contributed by atoms with van der Waals surface area (Å²) >= 11 is 15.9. The van der Waals surface area contributed by atoms with E-state index in [1.54, 1.807) is 0 Å². The van der Waals surface area contributed by atoms with Gasteiger partial charge in [-0.3, -0.25) is 0 Å². The summed E-state index contributed by atoms with van der Waals surface area (Å²) in [6.45, 7) is 0.712. The van der Waals surface area contributed by atoms with Gasteiger partial charge in [0.1, 0.15) is 0 Å². The van der Waals surface area contributed by atoms with Crippen LogP contribution in [0.3, 0.4) is 0 Å². The molecule has 0 aliphatic heterocycles. The summed E-state index contributed by atoms with van der Waals surface area (Å²) in [6, 6.07) is 4.09. The predicted molar refractivity (Wildman–Crippen MR) is 82.6 cm³/mol. The summed E-state index contributed by atoms with van der Waals surface area (Å²) in [7, 11) is 0. The number of hydrogen-bond donors (Lipinski definition) is 2. The molecule has 0 heterocycles. The Bertz CT molecular complexity index is 402.